The molecule has 0 saturated heterocycles. The van der Waals surface area contributed by atoms with Crippen LogP contribution < -0.4 is 5.32 Å². The number of alkyl halides is 3. The summed E-state index contributed by atoms with van der Waals surface area (Å²) in [7, 11) is 0. The molecular weight excluding hydrogens is 423 g/mol. The number of hydrogen-bond acceptors (Lipinski definition) is 6. The highest BCUT2D eigenvalue weighted by atomic mass is 32.1. The molecule has 3 heterocycles. The van der Waals surface area contributed by atoms with Crippen molar-refractivity contribution in [2.75, 3.05) is 6.54 Å². The van der Waals surface area contributed by atoms with Gasteiger partial charge in [-0.3, -0.25) is 9.78 Å². The van der Waals surface area contributed by atoms with Gasteiger partial charge in [0.1, 0.15) is 0 Å². The van der Waals surface area contributed by atoms with Crippen molar-refractivity contribution in [2.45, 2.75) is 25.4 Å². The second-order valence-electron chi connectivity index (χ2n) is 5.93. The van der Waals surface area contributed by atoms with Gasteiger partial charge in [0, 0.05) is 25.0 Å². The molecule has 3 aromatic rings. The van der Waals surface area contributed by atoms with Crippen molar-refractivity contribution in [1.29, 1.82) is 0 Å². The van der Waals surface area contributed by atoms with Crippen molar-refractivity contribution in [2.24, 2.45) is 0 Å². The highest BCUT2D eigenvalue weighted by molar-refractivity contribution is 7.13. The molecule has 0 saturated carbocycles. The minimum Gasteiger partial charge on any atom is -0.475 e. The monoisotopic (exact) mass is 441 g/mol. The lowest BCUT2D eigenvalue weighted by atomic mass is 10.1. The Morgan fingerprint density at radius 3 is 2.47 bits per heavy atom. The molecule has 7 nitrogen and oxygen atoms in total. The Labute approximate surface area is 173 Å². The number of aromatic nitrogens is 2. The number of carbonyl (C=O) groups is 2. The van der Waals surface area contributed by atoms with Crippen molar-refractivity contribution >= 4 is 23.2 Å². The molecule has 2 N–H and O–H groups in total. The Kier molecular flexibility index (Phi) is 8.54. The zero-order valence-corrected chi connectivity index (χ0v) is 16.4. The van der Waals surface area contributed by atoms with E-state index in [1.807, 2.05) is 29.6 Å². The number of hydrogen-bond donors (Lipinski definition) is 2. The predicted octanol–water partition coefficient (Wildman–Crippen LogP) is 4.18. The first kappa shape index (κ1) is 23.1. The maximum absolute atomic E-state index is 12.0. The number of aryl methyl sites for hydroxylation is 1. The van der Waals surface area contributed by atoms with Crippen LogP contribution in [0, 0.1) is 0 Å². The van der Waals surface area contributed by atoms with Crippen molar-refractivity contribution in [1.82, 2.24) is 15.5 Å². The number of nitrogens with zero attached hydrogens (tertiary/aromatic N) is 2. The molecule has 1 amide bonds. The molecule has 3 aromatic heterocycles. The van der Waals surface area contributed by atoms with E-state index in [1.165, 1.54) is 5.56 Å². The smallest absolute Gasteiger partial charge is 0.475 e. The Morgan fingerprint density at radius 1 is 1.17 bits per heavy atom. The summed E-state index contributed by atoms with van der Waals surface area (Å²) in [4.78, 5) is 25.9. The van der Waals surface area contributed by atoms with Gasteiger partial charge >= 0.3 is 12.1 Å². The van der Waals surface area contributed by atoms with Gasteiger partial charge in [-0.15, -0.1) is 11.3 Å². The van der Waals surface area contributed by atoms with Gasteiger partial charge in [-0.25, -0.2) is 4.79 Å². The molecule has 0 spiro atoms. The zero-order chi connectivity index (χ0) is 22.0. The number of pyridine rings is 1. The van der Waals surface area contributed by atoms with Gasteiger partial charge in [-0.05, 0) is 48.4 Å². The lowest BCUT2D eigenvalue weighted by Crippen LogP contribution is -2.24. The second-order valence-corrected chi connectivity index (χ2v) is 6.87. The third-order valence-corrected chi connectivity index (χ3v) is 4.56. The summed E-state index contributed by atoms with van der Waals surface area (Å²) in [6, 6.07) is 9.58. The minimum atomic E-state index is -5.08. The van der Waals surface area contributed by atoms with Crippen LogP contribution in [0.3, 0.4) is 0 Å². The van der Waals surface area contributed by atoms with Crippen LogP contribution in [0.2, 0.25) is 0 Å². The van der Waals surface area contributed by atoms with Gasteiger partial charge in [0.05, 0.1) is 4.88 Å². The SMILES string of the molecule is O=C(NCCCCc1ccncc1)c1cc(-c2cccs2)on1.O=C(O)C(F)(F)F. The second kappa shape index (κ2) is 11.1. The summed E-state index contributed by atoms with van der Waals surface area (Å²) in [5, 5.41) is 15.8. The van der Waals surface area contributed by atoms with E-state index in [-0.39, 0.29) is 5.91 Å². The van der Waals surface area contributed by atoms with E-state index in [2.05, 4.69) is 15.5 Å². The van der Waals surface area contributed by atoms with Crippen LogP contribution in [-0.4, -0.2) is 39.8 Å². The molecular formula is C19H18F3N3O4S. The number of carboxylic acids is 1. The maximum Gasteiger partial charge on any atom is 0.490 e. The van der Waals surface area contributed by atoms with Crippen LogP contribution in [-0.2, 0) is 11.2 Å². The number of amides is 1. The van der Waals surface area contributed by atoms with Crippen molar-refractivity contribution in [3.05, 3.63) is 59.4 Å². The van der Waals surface area contributed by atoms with E-state index in [0.29, 0.717) is 18.0 Å². The standard InChI is InChI=1S/C17H17N3O2S.C2HF3O2/c21-17(14-12-15(22-20-14)16-5-3-11-23-16)19-8-2-1-4-13-6-9-18-10-7-13;3-2(4,5)1(6)7/h3,5-7,9-12H,1-2,4,8H2,(H,19,21);(H,6,7). The Bertz CT molecular complexity index is 928. The van der Waals surface area contributed by atoms with E-state index in [4.69, 9.17) is 14.4 Å². The third-order valence-electron chi connectivity index (χ3n) is 3.68. The first-order valence-electron chi connectivity index (χ1n) is 8.75. The minimum absolute atomic E-state index is 0.194. The van der Waals surface area contributed by atoms with Gasteiger partial charge in [-0.1, -0.05) is 11.2 Å². The number of carboxylic acid groups (broad SMARTS) is 1. The van der Waals surface area contributed by atoms with Gasteiger partial charge in [0.25, 0.3) is 5.91 Å². The molecule has 0 atom stereocenters. The molecule has 0 aliphatic heterocycles. The fraction of sp³-hybridized carbons (Fsp3) is 0.263. The molecule has 3 rings (SSSR count). The lowest BCUT2D eigenvalue weighted by molar-refractivity contribution is -0.192. The Balaban J connectivity index is 0.000000396. The zero-order valence-electron chi connectivity index (χ0n) is 15.6. The normalized spacial score (nSPS) is 10.8. The highest BCUT2D eigenvalue weighted by Gasteiger charge is 2.38. The largest absolute Gasteiger partial charge is 0.490 e. The van der Waals surface area contributed by atoms with Crippen LogP contribution in [0.1, 0.15) is 28.9 Å². The summed E-state index contributed by atoms with van der Waals surface area (Å²) in [6.07, 6.45) is 1.44. The molecule has 0 aliphatic rings. The molecule has 11 heteroatoms. The fourth-order valence-electron chi connectivity index (χ4n) is 2.21. The maximum atomic E-state index is 12.0. The molecule has 160 valence electrons. The van der Waals surface area contributed by atoms with E-state index < -0.39 is 12.1 Å². The Hall–Kier alpha value is -3.21. The van der Waals surface area contributed by atoms with E-state index in [9.17, 15) is 18.0 Å². The van der Waals surface area contributed by atoms with Crippen LogP contribution >= 0.6 is 11.3 Å². The topological polar surface area (TPSA) is 105 Å². The first-order chi connectivity index (χ1) is 14.3. The van der Waals surface area contributed by atoms with E-state index in [1.54, 1.807) is 29.8 Å². The van der Waals surface area contributed by atoms with E-state index in [0.717, 1.165) is 24.1 Å². The summed E-state index contributed by atoms with van der Waals surface area (Å²) < 4.78 is 36.9. The molecule has 0 bridgehead atoms. The summed E-state index contributed by atoms with van der Waals surface area (Å²) >= 11 is 1.55. The summed E-state index contributed by atoms with van der Waals surface area (Å²) in [6.45, 7) is 0.630. The Morgan fingerprint density at radius 2 is 1.87 bits per heavy atom. The van der Waals surface area contributed by atoms with Crippen molar-refractivity contribution < 1.29 is 32.4 Å². The van der Waals surface area contributed by atoms with Crippen LogP contribution in [0.4, 0.5) is 13.2 Å². The number of thiophene rings is 1. The summed E-state index contributed by atoms with van der Waals surface area (Å²) in [5.74, 6) is -2.32. The first-order valence-corrected chi connectivity index (χ1v) is 9.63. The fourth-order valence-corrected chi connectivity index (χ4v) is 2.89. The van der Waals surface area contributed by atoms with Crippen LogP contribution in [0.5, 0.6) is 0 Å². The van der Waals surface area contributed by atoms with Gasteiger partial charge < -0.3 is 14.9 Å². The predicted molar refractivity (Wildman–Crippen MR) is 103 cm³/mol. The lowest BCUT2D eigenvalue weighted by Gasteiger charge is -2.03. The number of carbonyl (C=O) groups excluding carboxylic acids is 1. The summed E-state index contributed by atoms with van der Waals surface area (Å²) in [5.41, 5.74) is 1.59. The molecule has 30 heavy (non-hydrogen) atoms. The molecule has 0 aliphatic carbocycles. The number of halogens is 3. The van der Waals surface area contributed by atoms with Gasteiger partial charge in [0.2, 0.25) is 0 Å². The molecule has 0 radical (unpaired) electrons. The molecule has 0 unspecified atom stereocenters. The van der Waals surface area contributed by atoms with Crippen molar-refractivity contribution in [3.8, 4) is 10.6 Å². The van der Waals surface area contributed by atoms with Crippen LogP contribution in [0.25, 0.3) is 10.6 Å². The van der Waals surface area contributed by atoms with Crippen LogP contribution in [0.15, 0.2) is 52.6 Å². The number of nitrogens with one attached hydrogen (secondary N) is 1. The quantitative estimate of drug-likeness (QED) is 0.533. The molecule has 0 aromatic carbocycles. The third kappa shape index (κ3) is 7.66. The van der Waals surface area contributed by atoms with Gasteiger partial charge in [0.15, 0.2) is 11.5 Å². The number of rotatable bonds is 7. The number of unbranched alkanes of at least 4 members (excludes halogenated alkanes) is 1. The van der Waals surface area contributed by atoms with E-state index >= 15 is 0 Å². The average molecular weight is 441 g/mol. The average Bonchev–Trinajstić information content (AvgIpc) is 3.40. The highest BCUT2D eigenvalue weighted by Crippen LogP contribution is 2.25. The van der Waals surface area contributed by atoms with Gasteiger partial charge in [-0.2, -0.15) is 13.2 Å². The number of aliphatic carboxylic acids is 1. The molecule has 0 fully saturated rings. The van der Waals surface area contributed by atoms with Crippen molar-refractivity contribution in [3.63, 3.8) is 0 Å².